The maximum Gasteiger partial charge on any atom is 0.330 e. The van der Waals surface area contributed by atoms with Gasteiger partial charge in [-0.25, -0.2) is 4.79 Å². The van der Waals surface area contributed by atoms with Crippen molar-refractivity contribution in [1.29, 1.82) is 0 Å². The van der Waals surface area contributed by atoms with Crippen molar-refractivity contribution >= 4 is 29.8 Å². The Morgan fingerprint density at radius 2 is 0.954 bits per heavy atom. The summed E-state index contributed by atoms with van der Waals surface area (Å²) in [7, 11) is 0. The lowest BCUT2D eigenvalue weighted by molar-refractivity contribution is -0.152. The van der Waals surface area contributed by atoms with E-state index in [1.54, 1.807) is 42.5 Å². The third-order valence-corrected chi connectivity index (χ3v) is 11.1. The first-order valence-electron chi connectivity index (χ1n) is 22.8. The van der Waals surface area contributed by atoms with Gasteiger partial charge in [0.25, 0.3) is 0 Å². The number of hydrogen-bond donors (Lipinski definition) is 1. The molecule has 0 radical (unpaired) electrons. The fourth-order valence-electron chi connectivity index (χ4n) is 7.36. The van der Waals surface area contributed by atoms with Crippen LogP contribution in [0.3, 0.4) is 0 Å². The predicted octanol–water partition coefficient (Wildman–Crippen LogP) is 6.06. The van der Waals surface area contributed by atoms with Crippen molar-refractivity contribution in [3.8, 4) is 23.0 Å². The van der Waals surface area contributed by atoms with Gasteiger partial charge in [-0.3, -0.25) is 19.2 Å². The molecule has 17 nitrogen and oxygen atoms in total. The molecule has 2 aliphatic rings. The van der Waals surface area contributed by atoms with Gasteiger partial charge >= 0.3 is 29.8 Å². The van der Waals surface area contributed by atoms with E-state index in [0.29, 0.717) is 153 Å². The van der Waals surface area contributed by atoms with Crippen LogP contribution in [0.1, 0.15) is 83.1 Å². The number of rotatable bonds is 31. The van der Waals surface area contributed by atoms with E-state index in [1.807, 2.05) is 0 Å². The van der Waals surface area contributed by atoms with Gasteiger partial charge < -0.3 is 52.2 Å². The Morgan fingerprint density at radius 3 is 1.43 bits per heavy atom. The molecule has 0 saturated heterocycles. The Kier molecular flexibility index (Phi) is 25.2. The summed E-state index contributed by atoms with van der Waals surface area (Å²) in [6.07, 6.45) is 8.70. The van der Waals surface area contributed by atoms with Crippen LogP contribution in [0.4, 0.5) is 0 Å². The minimum Gasteiger partial charge on any atom is -0.491 e. The van der Waals surface area contributed by atoms with E-state index in [1.165, 1.54) is 0 Å². The highest BCUT2D eigenvalue weighted by molar-refractivity contribution is 5.81. The van der Waals surface area contributed by atoms with Gasteiger partial charge in [-0.1, -0.05) is 26.3 Å². The maximum absolute atomic E-state index is 13.3. The van der Waals surface area contributed by atoms with Gasteiger partial charge in [-0.05, 0) is 112 Å². The molecular formula is C48H67NO16. The van der Waals surface area contributed by atoms with E-state index in [2.05, 4.69) is 18.3 Å². The SMILES string of the molecule is C=CC(=O)OCCOCCOCCOCCOCCOCCOc1ccc(OC(=O)C2CCC(C(=O)Oc3ccc(OC(=O)C4CCC(C(=O)ON)CC4)c(CCCCC)c3)CC2)cc1. The zero-order valence-electron chi connectivity index (χ0n) is 37.7. The predicted molar refractivity (Wildman–Crippen MR) is 235 cm³/mol. The second kappa shape index (κ2) is 31.1. The Hall–Kier alpha value is -4.91. The summed E-state index contributed by atoms with van der Waals surface area (Å²) in [5.74, 6) is 3.60. The van der Waals surface area contributed by atoms with E-state index in [0.717, 1.165) is 30.9 Å². The number of unbranched alkanes of at least 4 members (excludes halogenated alkanes) is 2. The Bertz CT molecular complexity index is 1740. The van der Waals surface area contributed by atoms with E-state index in [9.17, 15) is 24.0 Å². The maximum atomic E-state index is 13.3. The van der Waals surface area contributed by atoms with Gasteiger partial charge in [-0.2, -0.15) is 5.90 Å². The van der Waals surface area contributed by atoms with Crippen LogP contribution in [0, 0.1) is 23.7 Å². The average Bonchev–Trinajstić information content (AvgIpc) is 3.33. The first-order valence-corrected chi connectivity index (χ1v) is 22.8. The highest BCUT2D eigenvalue weighted by atomic mass is 16.7. The lowest BCUT2D eigenvalue weighted by Crippen LogP contribution is -2.30. The van der Waals surface area contributed by atoms with Crippen LogP contribution in [0.2, 0.25) is 0 Å². The normalized spacial score (nSPS) is 18.2. The highest BCUT2D eigenvalue weighted by Gasteiger charge is 2.34. The number of carbonyl (C=O) groups is 5. The molecule has 0 amide bonds. The topological polar surface area (TPSA) is 213 Å². The monoisotopic (exact) mass is 913 g/mol. The number of benzene rings is 2. The van der Waals surface area contributed by atoms with Gasteiger partial charge in [0.2, 0.25) is 0 Å². The van der Waals surface area contributed by atoms with Crippen LogP contribution >= 0.6 is 0 Å². The van der Waals surface area contributed by atoms with Crippen LogP contribution in [-0.4, -0.2) is 109 Å². The molecule has 0 bridgehead atoms. The zero-order chi connectivity index (χ0) is 46.5. The molecule has 17 heteroatoms. The van der Waals surface area contributed by atoms with Crippen molar-refractivity contribution in [3.63, 3.8) is 0 Å². The van der Waals surface area contributed by atoms with E-state index in [4.69, 9.17) is 53.3 Å². The Labute approximate surface area is 381 Å². The number of ether oxygens (including phenoxy) is 10. The molecule has 0 aromatic heterocycles. The quantitative estimate of drug-likeness (QED) is 0.0299. The van der Waals surface area contributed by atoms with Crippen molar-refractivity contribution < 1.29 is 76.2 Å². The zero-order valence-corrected chi connectivity index (χ0v) is 37.7. The second-order valence-electron chi connectivity index (χ2n) is 15.8. The van der Waals surface area contributed by atoms with E-state index in [-0.39, 0.29) is 48.2 Å². The van der Waals surface area contributed by atoms with Crippen LogP contribution < -0.4 is 24.8 Å². The molecule has 0 aliphatic heterocycles. The molecule has 2 fully saturated rings. The molecular weight excluding hydrogens is 847 g/mol. The lowest BCUT2D eigenvalue weighted by atomic mass is 9.82. The Balaban J connectivity index is 1.04. The van der Waals surface area contributed by atoms with Crippen molar-refractivity contribution in [2.45, 2.75) is 84.0 Å². The lowest BCUT2D eigenvalue weighted by Gasteiger charge is -2.26. The molecule has 2 aliphatic carbocycles. The highest BCUT2D eigenvalue weighted by Crippen LogP contribution is 2.35. The van der Waals surface area contributed by atoms with E-state index < -0.39 is 11.9 Å². The molecule has 4 rings (SSSR count). The smallest absolute Gasteiger partial charge is 0.330 e. The van der Waals surface area contributed by atoms with Crippen molar-refractivity contribution in [1.82, 2.24) is 0 Å². The second-order valence-corrected chi connectivity index (χ2v) is 15.8. The molecule has 0 spiro atoms. The van der Waals surface area contributed by atoms with E-state index >= 15 is 0 Å². The minimum absolute atomic E-state index is 0.175. The molecule has 2 saturated carbocycles. The third-order valence-electron chi connectivity index (χ3n) is 11.1. The standard InChI is InChI=1S/C48H67NO16/c1-3-5-6-7-39-34-42(20-21-43(39)64-47(53)37-12-14-38(15-13-37)48(54)65-49)63-46(52)36-10-8-35(9-11-36)45(51)62-41-18-16-40(17-19-41)60-32-30-58-28-26-56-24-22-55-23-25-57-27-29-59-31-33-61-44(50)4-2/h4,16-21,34-38H,2-3,5-15,22-33,49H2,1H3. The van der Waals surface area contributed by atoms with Crippen LogP contribution in [0.15, 0.2) is 55.1 Å². The summed E-state index contributed by atoms with van der Waals surface area (Å²) in [6.45, 7) is 9.98. The number of esters is 4. The summed E-state index contributed by atoms with van der Waals surface area (Å²) in [4.78, 5) is 66.4. The molecule has 65 heavy (non-hydrogen) atoms. The summed E-state index contributed by atoms with van der Waals surface area (Å²) in [5, 5.41) is 0. The van der Waals surface area contributed by atoms with Gasteiger partial charge in [0, 0.05) is 6.08 Å². The van der Waals surface area contributed by atoms with Crippen molar-refractivity contribution in [3.05, 3.63) is 60.7 Å². The molecule has 0 heterocycles. The summed E-state index contributed by atoms with van der Waals surface area (Å²) in [5.41, 5.74) is 0.790. The first kappa shape index (κ1) is 52.7. The molecule has 0 unspecified atom stereocenters. The fraction of sp³-hybridized carbons (Fsp3) is 0.604. The van der Waals surface area contributed by atoms with Gasteiger partial charge in [0.1, 0.15) is 36.2 Å². The molecule has 2 aromatic carbocycles. The molecule has 360 valence electrons. The van der Waals surface area contributed by atoms with Crippen LogP contribution in [-0.2, 0) is 63.7 Å². The van der Waals surface area contributed by atoms with Crippen LogP contribution in [0.5, 0.6) is 23.0 Å². The molecule has 2 aromatic rings. The summed E-state index contributed by atoms with van der Waals surface area (Å²) in [6, 6.07) is 11.9. The average molecular weight is 914 g/mol. The number of carbonyl (C=O) groups excluding carboxylic acids is 5. The number of aryl methyl sites for hydroxylation is 1. The van der Waals surface area contributed by atoms with Gasteiger partial charge in [0.15, 0.2) is 0 Å². The molecule has 2 N–H and O–H groups in total. The summed E-state index contributed by atoms with van der Waals surface area (Å²) >= 11 is 0. The summed E-state index contributed by atoms with van der Waals surface area (Å²) < 4.78 is 55.1. The minimum atomic E-state index is -0.476. The largest absolute Gasteiger partial charge is 0.491 e. The van der Waals surface area contributed by atoms with Crippen molar-refractivity contribution in [2.24, 2.45) is 29.6 Å². The Morgan fingerprint density at radius 1 is 0.538 bits per heavy atom. The molecule has 0 atom stereocenters. The first-order chi connectivity index (χ1) is 31.7. The number of nitrogens with two attached hydrogens (primary N) is 1. The van der Waals surface area contributed by atoms with Crippen LogP contribution in [0.25, 0.3) is 0 Å². The fourth-order valence-corrected chi connectivity index (χ4v) is 7.36. The van der Waals surface area contributed by atoms with Gasteiger partial charge in [-0.15, -0.1) is 0 Å². The van der Waals surface area contributed by atoms with Crippen molar-refractivity contribution in [2.75, 3.05) is 79.3 Å². The number of hydrogen-bond acceptors (Lipinski definition) is 17. The van der Waals surface area contributed by atoms with Gasteiger partial charge in [0.05, 0.1) is 89.7 Å². The third kappa shape index (κ3) is 20.4.